The van der Waals surface area contributed by atoms with Crippen LogP contribution in [0.4, 0.5) is 0 Å². The topological polar surface area (TPSA) is 24.1 Å². The van der Waals surface area contributed by atoms with Crippen molar-refractivity contribution < 1.29 is 0 Å². The summed E-state index contributed by atoms with van der Waals surface area (Å²) in [5.41, 5.74) is 1.50. The molecule has 1 aromatic carbocycles. The number of hydrogen-bond acceptors (Lipinski definition) is 2. The van der Waals surface area contributed by atoms with Crippen LogP contribution in [0.2, 0.25) is 0 Å². The Kier molecular flexibility index (Phi) is 3.44. The molecular formula is C15H22N2. The highest BCUT2D eigenvalue weighted by atomic mass is 15.0. The van der Waals surface area contributed by atoms with E-state index in [1.54, 1.807) is 0 Å². The van der Waals surface area contributed by atoms with Gasteiger partial charge in [0.05, 0.1) is 0 Å². The first-order valence-corrected chi connectivity index (χ1v) is 6.95. The van der Waals surface area contributed by atoms with E-state index in [2.05, 4.69) is 41.0 Å². The number of benzene rings is 1. The second-order valence-corrected chi connectivity index (χ2v) is 5.40. The van der Waals surface area contributed by atoms with Gasteiger partial charge in [0.2, 0.25) is 0 Å². The lowest BCUT2D eigenvalue weighted by molar-refractivity contribution is 0.520. The van der Waals surface area contributed by atoms with Gasteiger partial charge in [-0.25, -0.2) is 0 Å². The third-order valence-corrected chi connectivity index (χ3v) is 4.08. The SMILES string of the molecule is c1ccc(C2CC2NCCC2CCCN2)cc1. The molecule has 1 aliphatic carbocycles. The van der Waals surface area contributed by atoms with E-state index in [9.17, 15) is 0 Å². The number of rotatable bonds is 5. The van der Waals surface area contributed by atoms with Crippen LogP contribution < -0.4 is 10.6 Å². The van der Waals surface area contributed by atoms with Crippen LogP contribution in [0.25, 0.3) is 0 Å². The Morgan fingerprint density at radius 1 is 1.24 bits per heavy atom. The van der Waals surface area contributed by atoms with Crippen molar-refractivity contribution in [1.29, 1.82) is 0 Å². The Morgan fingerprint density at radius 3 is 2.88 bits per heavy atom. The fourth-order valence-corrected chi connectivity index (χ4v) is 2.94. The minimum Gasteiger partial charge on any atom is -0.314 e. The predicted molar refractivity (Wildman–Crippen MR) is 71.2 cm³/mol. The maximum absolute atomic E-state index is 3.69. The maximum Gasteiger partial charge on any atom is 0.0143 e. The first-order chi connectivity index (χ1) is 8.43. The van der Waals surface area contributed by atoms with Crippen LogP contribution in [0.5, 0.6) is 0 Å². The normalized spacial score (nSPS) is 31.6. The van der Waals surface area contributed by atoms with E-state index in [4.69, 9.17) is 0 Å². The van der Waals surface area contributed by atoms with Crippen LogP contribution in [0.1, 0.15) is 37.2 Å². The van der Waals surface area contributed by atoms with E-state index in [1.165, 1.54) is 44.3 Å². The second kappa shape index (κ2) is 5.19. The molecule has 3 atom stereocenters. The van der Waals surface area contributed by atoms with Gasteiger partial charge in [0.15, 0.2) is 0 Å². The zero-order valence-corrected chi connectivity index (χ0v) is 10.4. The molecule has 0 amide bonds. The van der Waals surface area contributed by atoms with Gasteiger partial charge in [-0.2, -0.15) is 0 Å². The second-order valence-electron chi connectivity index (χ2n) is 5.40. The van der Waals surface area contributed by atoms with Gasteiger partial charge in [0, 0.05) is 18.0 Å². The van der Waals surface area contributed by atoms with Gasteiger partial charge < -0.3 is 10.6 Å². The molecule has 1 aliphatic heterocycles. The smallest absolute Gasteiger partial charge is 0.0143 e. The van der Waals surface area contributed by atoms with Crippen LogP contribution in [-0.4, -0.2) is 25.2 Å². The Bertz CT molecular complexity index is 343. The molecule has 2 aliphatic rings. The average Bonchev–Trinajstić information content (AvgIpc) is 2.95. The molecule has 3 unspecified atom stereocenters. The van der Waals surface area contributed by atoms with Gasteiger partial charge in [0.25, 0.3) is 0 Å². The molecule has 2 N–H and O–H groups in total. The monoisotopic (exact) mass is 230 g/mol. The van der Waals surface area contributed by atoms with Crippen molar-refractivity contribution in [2.75, 3.05) is 13.1 Å². The van der Waals surface area contributed by atoms with Crippen LogP contribution in [0.3, 0.4) is 0 Å². The summed E-state index contributed by atoms with van der Waals surface area (Å²) in [4.78, 5) is 0. The lowest BCUT2D eigenvalue weighted by Gasteiger charge is -2.10. The highest BCUT2D eigenvalue weighted by Gasteiger charge is 2.37. The standard InChI is InChI=1S/C15H22N2/c1-2-5-12(6-3-1)14-11-15(14)17-10-8-13-7-4-9-16-13/h1-3,5-6,13-17H,4,7-11H2. The Labute approximate surface area is 104 Å². The molecule has 0 bridgehead atoms. The summed E-state index contributed by atoms with van der Waals surface area (Å²) in [5.74, 6) is 0.771. The van der Waals surface area contributed by atoms with Gasteiger partial charge in [0.1, 0.15) is 0 Å². The third-order valence-electron chi connectivity index (χ3n) is 4.08. The van der Waals surface area contributed by atoms with Crippen molar-refractivity contribution in [1.82, 2.24) is 10.6 Å². The van der Waals surface area contributed by atoms with Gasteiger partial charge in [-0.1, -0.05) is 30.3 Å². The van der Waals surface area contributed by atoms with Gasteiger partial charge in [-0.15, -0.1) is 0 Å². The first kappa shape index (κ1) is 11.2. The van der Waals surface area contributed by atoms with Crippen LogP contribution >= 0.6 is 0 Å². The average molecular weight is 230 g/mol. The van der Waals surface area contributed by atoms with Crippen molar-refractivity contribution in [3.05, 3.63) is 35.9 Å². The summed E-state index contributed by atoms with van der Waals surface area (Å²) in [6.45, 7) is 2.40. The van der Waals surface area contributed by atoms with Crippen molar-refractivity contribution in [2.45, 2.75) is 43.7 Å². The Morgan fingerprint density at radius 2 is 2.12 bits per heavy atom. The molecule has 0 aromatic heterocycles. The summed E-state index contributed by atoms with van der Waals surface area (Å²) in [6.07, 6.45) is 5.34. The van der Waals surface area contributed by atoms with E-state index in [0.717, 1.165) is 18.0 Å². The Balaban J connectivity index is 1.38. The van der Waals surface area contributed by atoms with E-state index < -0.39 is 0 Å². The third kappa shape index (κ3) is 2.88. The maximum atomic E-state index is 3.69. The van der Waals surface area contributed by atoms with Crippen LogP contribution in [0, 0.1) is 0 Å². The Hall–Kier alpha value is -0.860. The molecule has 2 nitrogen and oxygen atoms in total. The minimum atomic E-state index is 0.735. The van der Waals surface area contributed by atoms with E-state index in [1.807, 2.05) is 0 Å². The molecule has 1 saturated heterocycles. The molecule has 17 heavy (non-hydrogen) atoms. The zero-order chi connectivity index (χ0) is 11.5. The quantitative estimate of drug-likeness (QED) is 0.811. The zero-order valence-electron chi connectivity index (χ0n) is 10.4. The van der Waals surface area contributed by atoms with E-state index >= 15 is 0 Å². The molecule has 2 fully saturated rings. The fraction of sp³-hybridized carbons (Fsp3) is 0.600. The highest BCUT2D eigenvalue weighted by molar-refractivity contribution is 5.27. The van der Waals surface area contributed by atoms with Crippen molar-refractivity contribution in [2.24, 2.45) is 0 Å². The fourth-order valence-electron chi connectivity index (χ4n) is 2.94. The number of nitrogens with one attached hydrogen (secondary N) is 2. The molecule has 0 spiro atoms. The van der Waals surface area contributed by atoms with E-state index in [0.29, 0.717) is 0 Å². The van der Waals surface area contributed by atoms with Gasteiger partial charge in [-0.3, -0.25) is 0 Å². The molecular weight excluding hydrogens is 208 g/mol. The van der Waals surface area contributed by atoms with Crippen LogP contribution in [0.15, 0.2) is 30.3 Å². The lowest BCUT2D eigenvalue weighted by atomic mass is 10.1. The summed E-state index contributed by atoms with van der Waals surface area (Å²) < 4.78 is 0. The molecule has 1 saturated carbocycles. The summed E-state index contributed by atoms with van der Waals surface area (Å²) in [5, 5.41) is 7.25. The molecule has 3 rings (SSSR count). The molecule has 2 heteroatoms. The summed E-state index contributed by atoms with van der Waals surface area (Å²) in [7, 11) is 0. The highest BCUT2D eigenvalue weighted by Crippen LogP contribution is 2.40. The lowest BCUT2D eigenvalue weighted by Crippen LogP contribution is -2.28. The molecule has 1 heterocycles. The van der Waals surface area contributed by atoms with Crippen molar-refractivity contribution >= 4 is 0 Å². The number of hydrogen-bond donors (Lipinski definition) is 2. The van der Waals surface area contributed by atoms with Crippen LogP contribution in [-0.2, 0) is 0 Å². The molecule has 0 radical (unpaired) electrons. The first-order valence-electron chi connectivity index (χ1n) is 6.95. The van der Waals surface area contributed by atoms with Crippen molar-refractivity contribution in [3.8, 4) is 0 Å². The minimum absolute atomic E-state index is 0.735. The van der Waals surface area contributed by atoms with Crippen molar-refractivity contribution in [3.63, 3.8) is 0 Å². The molecule has 92 valence electrons. The molecule has 1 aromatic rings. The van der Waals surface area contributed by atoms with Gasteiger partial charge >= 0.3 is 0 Å². The summed E-state index contributed by atoms with van der Waals surface area (Å²) >= 11 is 0. The largest absolute Gasteiger partial charge is 0.314 e. The van der Waals surface area contributed by atoms with Gasteiger partial charge in [-0.05, 0) is 44.3 Å². The van der Waals surface area contributed by atoms with E-state index in [-0.39, 0.29) is 0 Å². The summed E-state index contributed by atoms with van der Waals surface area (Å²) in [6, 6.07) is 12.4. The predicted octanol–water partition coefficient (Wildman–Crippen LogP) is 2.27.